The van der Waals surface area contributed by atoms with Crippen molar-refractivity contribution in [3.63, 3.8) is 0 Å². The monoisotopic (exact) mass is 264 g/mol. The molecule has 1 unspecified atom stereocenters. The molecule has 0 saturated heterocycles. The standard InChI is InChI=1S/C16H28N2O/c1-6-15(17-11-12-18-16(2,3)4)13-7-9-14(19-5)10-8-13/h7-10,15,17-18H,6,11-12H2,1-5H3. The first-order valence-corrected chi connectivity index (χ1v) is 7.08. The molecule has 0 amide bonds. The number of ether oxygens (including phenoxy) is 1. The van der Waals surface area contributed by atoms with Gasteiger partial charge in [0, 0.05) is 24.7 Å². The summed E-state index contributed by atoms with van der Waals surface area (Å²) in [4.78, 5) is 0. The van der Waals surface area contributed by atoms with Gasteiger partial charge in [-0.05, 0) is 44.9 Å². The first-order valence-electron chi connectivity index (χ1n) is 7.08. The molecule has 1 aromatic carbocycles. The van der Waals surface area contributed by atoms with Crippen LogP contribution in [0.4, 0.5) is 0 Å². The molecule has 0 heterocycles. The highest BCUT2D eigenvalue weighted by atomic mass is 16.5. The lowest BCUT2D eigenvalue weighted by molar-refractivity contribution is 0.406. The van der Waals surface area contributed by atoms with Crippen molar-refractivity contribution in [1.29, 1.82) is 0 Å². The third kappa shape index (κ3) is 6.08. The molecule has 108 valence electrons. The molecule has 0 aliphatic rings. The summed E-state index contributed by atoms with van der Waals surface area (Å²) in [6.07, 6.45) is 1.09. The summed E-state index contributed by atoms with van der Waals surface area (Å²) in [6.45, 7) is 10.7. The third-order valence-corrected chi connectivity index (χ3v) is 3.10. The fourth-order valence-corrected chi connectivity index (χ4v) is 2.02. The van der Waals surface area contributed by atoms with Crippen LogP contribution in [0.3, 0.4) is 0 Å². The van der Waals surface area contributed by atoms with E-state index < -0.39 is 0 Å². The first kappa shape index (κ1) is 16.0. The number of nitrogens with one attached hydrogen (secondary N) is 2. The topological polar surface area (TPSA) is 33.3 Å². The summed E-state index contributed by atoms with van der Waals surface area (Å²) in [6, 6.07) is 8.72. The Morgan fingerprint density at radius 3 is 2.21 bits per heavy atom. The van der Waals surface area contributed by atoms with E-state index in [1.54, 1.807) is 7.11 Å². The molecule has 0 radical (unpaired) electrons. The van der Waals surface area contributed by atoms with Crippen molar-refractivity contribution in [2.45, 2.75) is 45.7 Å². The Labute approximate surface area is 117 Å². The van der Waals surface area contributed by atoms with Crippen LogP contribution >= 0.6 is 0 Å². The molecule has 0 aromatic heterocycles. The number of hydrogen-bond donors (Lipinski definition) is 2. The van der Waals surface area contributed by atoms with E-state index in [1.807, 2.05) is 12.1 Å². The highest BCUT2D eigenvalue weighted by Gasteiger charge is 2.10. The average Bonchev–Trinajstić information content (AvgIpc) is 2.38. The molecule has 0 spiro atoms. The fourth-order valence-electron chi connectivity index (χ4n) is 2.02. The lowest BCUT2D eigenvalue weighted by atomic mass is 10.0. The van der Waals surface area contributed by atoms with Crippen molar-refractivity contribution in [3.05, 3.63) is 29.8 Å². The van der Waals surface area contributed by atoms with Crippen LogP contribution in [-0.4, -0.2) is 25.7 Å². The van der Waals surface area contributed by atoms with Gasteiger partial charge in [-0.25, -0.2) is 0 Å². The van der Waals surface area contributed by atoms with Crippen LogP contribution in [0.25, 0.3) is 0 Å². The maximum atomic E-state index is 5.19. The van der Waals surface area contributed by atoms with Gasteiger partial charge in [-0.15, -0.1) is 0 Å². The van der Waals surface area contributed by atoms with Crippen LogP contribution in [0.1, 0.15) is 45.7 Å². The second-order valence-electron chi connectivity index (χ2n) is 5.86. The predicted molar refractivity (Wildman–Crippen MR) is 81.8 cm³/mol. The summed E-state index contributed by atoms with van der Waals surface area (Å²) >= 11 is 0. The van der Waals surface area contributed by atoms with E-state index in [4.69, 9.17) is 4.74 Å². The van der Waals surface area contributed by atoms with Gasteiger partial charge < -0.3 is 15.4 Å². The Bertz CT molecular complexity index is 354. The maximum absolute atomic E-state index is 5.19. The van der Waals surface area contributed by atoms with Crippen molar-refractivity contribution in [1.82, 2.24) is 10.6 Å². The van der Waals surface area contributed by atoms with Gasteiger partial charge in [0.25, 0.3) is 0 Å². The molecule has 2 N–H and O–H groups in total. The summed E-state index contributed by atoms with van der Waals surface area (Å²) in [7, 11) is 1.70. The van der Waals surface area contributed by atoms with E-state index in [1.165, 1.54) is 5.56 Å². The van der Waals surface area contributed by atoms with Crippen LogP contribution in [-0.2, 0) is 0 Å². The van der Waals surface area contributed by atoms with Crippen molar-refractivity contribution < 1.29 is 4.74 Å². The number of benzene rings is 1. The van der Waals surface area contributed by atoms with Crippen LogP contribution in [0.2, 0.25) is 0 Å². The largest absolute Gasteiger partial charge is 0.497 e. The van der Waals surface area contributed by atoms with E-state index >= 15 is 0 Å². The van der Waals surface area contributed by atoms with Crippen molar-refractivity contribution >= 4 is 0 Å². The molecule has 0 aliphatic heterocycles. The van der Waals surface area contributed by atoms with Gasteiger partial charge in [0.05, 0.1) is 7.11 Å². The Morgan fingerprint density at radius 2 is 1.74 bits per heavy atom. The Kier molecular flexibility index (Phi) is 6.32. The predicted octanol–water partition coefficient (Wildman–Crippen LogP) is 3.12. The molecule has 1 atom stereocenters. The molecule has 1 rings (SSSR count). The number of methoxy groups -OCH3 is 1. The minimum atomic E-state index is 0.184. The lowest BCUT2D eigenvalue weighted by Gasteiger charge is -2.23. The normalized spacial score (nSPS) is 13.3. The molecule has 0 bridgehead atoms. The average molecular weight is 264 g/mol. The number of rotatable bonds is 7. The molecule has 1 aromatic rings. The van der Waals surface area contributed by atoms with Crippen molar-refractivity contribution in [2.24, 2.45) is 0 Å². The highest BCUT2D eigenvalue weighted by molar-refractivity contribution is 5.29. The molecule has 0 saturated carbocycles. The second-order valence-corrected chi connectivity index (χ2v) is 5.86. The van der Waals surface area contributed by atoms with Crippen LogP contribution in [0.5, 0.6) is 5.75 Å². The minimum Gasteiger partial charge on any atom is -0.497 e. The summed E-state index contributed by atoms with van der Waals surface area (Å²) in [5, 5.41) is 7.08. The minimum absolute atomic E-state index is 0.184. The van der Waals surface area contributed by atoms with Crippen LogP contribution in [0, 0.1) is 0 Å². The van der Waals surface area contributed by atoms with Gasteiger partial charge in [-0.1, -0.05) is 19.1 Å². The van der Waals surface area contributed by atoms with Gasteiger partial charge in [0.15, 0.2) is 0 Å². The Hall–Kier alpha value is -1.06. The summed E-state index contributed by atoms with van der Waals surface area (Å²) in [5.41, 5.74) is 1.50. The lowest BCUT2D eigenvalue weighted by Crippen LogP contribution is -2.40. The van der Waals surface area contributed by atoms with E-state index in [0.29, 0.717) is 6.04 Å². The van der Waals surface area contributed by atoms with E-state index in [-0.39, 0.29) is 5.54 Å². The van der Waals surface area contributed by atoms with Crippen molar-refractivity contribution in [2.75, 3.05) is 20.2 Å². The Morgan fingerprint density at radius 1 is 1.11 bits per heavy atom. The molecule has 19 heavy (non-hydrogen) atoms. The van der Waals surface area contributed by atoms with Gasteiger partial charge in [0.1, 0.15) is 5.75 Å². The molecular weight excluding hydrogens is 236 g/mol. The molecule has 0 fully saturated rings. The van der Waals surface area contributed by atoms with Crippen LogP contribution < -0.4 is 15.4 Å². The zero-order chi connectivity index (χ0) is 14.3. The molecule has 3 nitrogen and oxygen atoms in total. The highest BCUT2D eigenvalue weighted by Crippen LogP contribution is 2.19. The van der Waals surface area contributed by atoms with Crippen LogP contribution in [0.15, 0.2) is 24.3 Å². The Balaban J connectivity index is 2.44. The smallest absolute Gasteiger partial charge is 0.118 e. The van der Waals surface area contributed by atoms with Gasteiger partial charge in [-0.3, -0.25) is 0 Å². The van der Waals surface area contributed by atoms with Gasteiger partial charge in [0.2, 0.25) is 0 Å². The van der Waals surface area contributed by atoms with Gasteiger partial charge >= 0.3 is 0 Å². The zero-order valence-corrected chi connectivity index (χ0v) is 12.9. The molecule has 0 aliphatic carbocycles. The van der Waals surface area contributed by atoms with Crippen molar-refractivity contribution in [3.8, 4) is 5.75 Å². The van der Waals surface area contributed by atoms with E-state index in [0.717, 1.165) is 25.3 Å². The zero-order valence-electron chi connectivity index (χ0n) is 12.9. The summed E-state index contributed by atoms with van der Waals surface area (Å²) < 4.78 is 5.19. The quantitative estimate of drug-likeness (QED) is 0.742. The second kappa shape index (κ2) is 7.51. The third-order valence-electron chi connectivity index (χ3n) is 3.10. The summed E-state index contributed by atoms with van der Waals surface area (Å²) in [5.74, 6) is 0.910. The van der Waals surface area contributed by atoms with Gasteiger partial charge in [-0.2, -0.15) is 0 Å². The number of hydrogen-bond acceptors (Lipinski definition) is 3. The SMILES string of the molecule is CCC(NCCNC(C)(C)C)c1ccc(OC)cc1. The van der Waals surface area contributed by atoms with E-state index in [9.17, 15) is 0 Å². The van der Waals surface area contributed by atoms with E-state index in [2.05, 4.69) is 50.5 Å². The first-order chi connectivity index (χ1) is 8.96. The molecular formula is C16H28N2O. The fraction of sp³-hybridized carbons (Fsp3) is 0.625. The maximum Gasteiger partial charge on any atom is 0.118 e. The molecule has 3 heteroatoms.